The smallest absolute Gasteiger partial charge is 0.336 e. The molecule has 1 aromatic carbocycles. The highest BCUT2D eigenvalue weighted by molar-refractivity contribution is 5.32. The lowest BCUT2D eigenvalue weighted by Gasteiger charge is -2.08. The number of aromatic nitrogens is 2. The van der Waals surface area contributed by atoms with Gasteiger partial charge in [-0.3, -0.25) is 0 Å². The Morgan fingerprint density at radius 2 is 1.89 bits per heavy atom. The van der Waals surface area contributed by atoms with Gasteiger partial charge in [0.15, 0.2) is 5.69 Å². The lowest BCUT2D eigenvalue weighted by Crippen LogP contribution is -2.07. The standard InChI is InChI=1S/C13H10F3N3/c1-19-8-11(13(14,15)16)18-12(19)10(7-17)9-5-3-2-4-6-9/h2-6,8,10H,1H3. The van der Waals surface area contributed by atoms with E-state index in [2.05, 4.69) is 4.98 Å². The monoisotopic (exact) mass is 265 g/mol. The van der Waals surface area contributed by atoms with Crippen LogP contribution in [0.4, 0.5) is 13.2 Å². The van der Waals surface area contributed by atoms with E-state index in [4.69, 9.17) is 0 Å². The predicted molar refractivity (Wildman–Crippen MR) is 62.1 cm³/mol. The first-order chi connectivity index (χ1) is 8.93. The summed E-state index contributed by atoms with van der Waals surface area (Å²) in [6, 6.07) is 10.6. The van der Waals surface area contributed by atoms with Gasteiger partial charge in [0, 0.05) is 13.2 Å². The third-order valence-corrected chi connectivity index (χ3v) is 2.72. The van der Waals surface area contributed by atoms with Gasteiger partial charge >= 0.3 is 6.18 Å². The van der Waals surface area contributed by atoms with E-state index in [1.807, 2.05) is 6.07 Å². The molecule has 0 saturated heterocycles. The van der Waals surface area contributed by atoms with Crippen LogP contribution in [0.1, 0.15) is 23.0 Å². The number of hydrogen-bond donors (Lipinski definition) is 0. The molecule has 0 amide bonds. The molecule has 6 heteroatoms. The SMILES string of the molecule is Cn1cc(C(F)(F)F)nc1C(C#N)c1ccccc1. The first-order valence-electron chi connectivity index (χ1n) is 5.48. The van der Waals surface area contributed by atoms with Crippen LogP contribution in [-0.4, -0.2) is 9.55 Å². The van der Waals surface area contributed by atoms with E-state index < -0.39 is 17.8 Å². The van der Waals surface area contributed by atoms with Gasteiger partial charge in [0.05, 0.1) is 6.07 Å². The molecule has 0 aliphatic rings. The Bertz CT molecular complexity index is 608. The minimum atomic E-state index is -4.51. The number of imidazole rings is 1. The molecule has 1 aromatic heterocycles. The van der Waals surface area contributed by atoms with E-state index in [1.54, 1.807) is 30.3 Å². The Balaban J connectivity index is 2.46. The largest absolute Gasteiger partial charge is 0.434 e. The summed E-state index contributed by atoms with van der Waals surface area (Å²) >= 11 is 0. The zero-order valence-electron chi connectivity index (χ0n) is 10.0. The number of rotatable bonds is 2. The zero-order valence-corrected chi connectivity index (χ0v) is 10.0. The number of nitriles is 1. The van der Waals surface area contributed by atoms with Crippen molar-refractivity contribution in [3.8, 4) is 6.07 Å². The van der Waals surface area contributed by atoms with Crippen LogP contribution in [-0.2, 0) is 13.2 Å². The average molecular weight is 265 g/mol. The number of halogens is 3. The van der Waals surface area contributed by atoms with Gasteiger partial charge in [0.2, 0.25) is 0 Å². The molecule has 3 nitrogen and oxygen atoms in total. The highest BCUT2D eigenvalue weighted by Gasteiger charge is 2.35. The van der Waals surface area contributed by atoms with Crippen molar-refractivity contribution in [2.24, 2.45) is 7.05 Å². The Kier molecular flexibility index (Phi) is 3.30. The van der Waals surface area contributed by atoms with Crippen molar-refractivity contribution in [2.75, 3.05) is 0 Å². The average Bonchev–Trinajstić information content (AvgIpc) is 2.74. The second kappa shape index (κ2) is 4.76. The molecule has 1 atom stereocenters. The molecule has 0 saturated carbocycles. The minimum Gasteiger partial charge on any atom is -0.336 e. The van der Waals surface area contributed by atoms with Gasteiger partial charge in [-0.25, -0.2) is 4.98 Å². The molecular weight excluding hydrogens is 255 g/mol. The number of hydrogen-bond acceptors (Lipinski definition) is 2. The topological polar surface area (TPSA) is 41.6 Å². The van der Waals surface area contributed by atoms with Gasteiger partial charge in [-0.2, -0.15) is 18.4 Å². The fraction of sp³-hybridized carbons (Fsp3) is 0.231. The van der Waals surface area contributed by atoms with Crippen molar-refractivity contribution >= 4 is 0 Å². The van der Waals surface area contributed by atoms with Crippen molar-refractivity contribution in [2.45, 2.75) is 12.1 Å². The third kappa shape index (κ3) is 2.60. The van der Waals surface area contributed by atoms with Gasteiger partial charge in [0.1, 0.15) is 11.7 Å². The van der Waals surface area contributed by atoms with Crippen LogP contribution in [0, 0.1) is 11.3 Å². The Hall–Kier alpha value is -2.29. The maximum atomic E-state index is 12.6. The van der Waals surface area contributed by atoms with Crippen LogP contribution in [0.15, 0.2) is 36.5 Å². The second-order valence-electron chi connectivity index (χ2n) is 4.07. The summed E-state index contributed by atoms with van der Waals surface area (Å²) in [4.78, 5) is 3.54. The van der Waals surface area contributed by atoms with E-state index in [1.165, 1.54) is 11.6 Å². The van der Waals surface area contributed by atoms with Gasteiger partial charge in [-0.1, -0.05) is 30.3 Å². The van der Waals surface area contributed by atoms with Gasteiger partial charge in [0.25, 0.3) is 0 Å². The molecule has 0 aliphatic carbocycles. The van der Waals surface area contributed by atoms with Crippen LogP contribution in [0.25, 0.3) is 0 Å². The Labute approximate surface area is 107 Å². The van der Waals surface area contributed by atoms with Crippen molar-refractivity contribution < 1.29 is 13.2 Å². The summed E-state index contributed by atoms with van der Waals surface area (Å²) in [7, 11) is 1.45. The van der Waals surface area contributed by atoms with Gasteiger partial charge in [-0.05, 0) is 5.56 Å². The van der Waals surface area contributed by atoms with Crippen molar-refractivity contribution in [3.05, 3.63) is 53.6 Å². The quantitative estimate of drug-likeness (QED) is 0.837. The lowest BCUT2D eigenvalue weighted by atomic mass is 10.00. The molecule has 1 heterocycles. The van der Waals surface area contributed by atoms with Crippen LogP contribution in [0.5, 0.6) is 0 Å². The molecular formula is C13H10F3N3. The van der Waals surface area contributed by atoms with Crippen LogP contribution < -0.4 is 0 Å². The molecule has 1 unspecified atom stereocenters. The van der Waals surface area contributed by atoms with E-state index in [0.717, 1.165) is 6.20 Å². The van der Waals surface area contributed by atoms with Crippen molar-refractivity contribution in [3.63, 3.8) is 0 Å². The summed E-state index contributed by atoms with van der Waals surface area (Å²) < 4.78 is 39.0. The fourth-order valence-corrected chi connectivity index (χ4v) is 1.81. The normalized spacial score (nSPS) is 13.0. The first-order valence-corrected chi connectivity index (χ1v) is 5.48. The van der Waals surface area contributed by atoms with E-state index in [-0.39, 0.29) is 5.82 Å². The maximum absolute atomic E-state index is 12.6. The van der Waals surface area contributed by atoms with Crippen LogP contribution in [0.3, 0.4) is 0 Å². The Morgan fingerprint density at radius 1 is 1.26 bits per heavy atom. The van der Waals surface area contributed by atoms with Gasteiger partial charge < -0.3 is 4.57 Å². The molecule has 0 bridgehead atoms. The maximum Gasteiger partial charge on any atom is 0.434 e. The fourth-order valence-electron chi connectivity index (χ4n) is 1.81. The lowest BCUT2D eigenvalue weighted by molar-refractivity contribution is -0.141. The van der Waals surface area contributed by atoms with Crippen molar-refractivity contribution in [1.29, 1.82) is 5.26 Å². The zero-order chi connectivity index (χ0) is 14.0. The molecule has 19 heavy (non-hydrogen) atoms. The molecule has 98 valence electrons. The van der Waals surface area contributed by atoms with Crippen molar-refractivity contribution in [1.82, 2.24) is 9.55 Å². The number of benzene rings is 1. The highest BCUT2D eigenvalue weighted by Crippen LogP contribution is 2.31. The number of alkyl halides is 3. The summed E-state index contributed by atoms with van der Waals surface area (Å²) in [6.07, 6.45) is -3.62. The minimum absolute atomic E-state index is 0.0843. The van der Waals surface area contributed by atoms with Crippen LogP contribution >= 0.6 is 0 Å². The summed E-state index contributed by atoms with van der Waals surface area (Å²) in [5.41, 5.74) is -0.367. The predicted octanol–water partition coefficient (Wildman–Crippen LogP) is 3.09. The molecule has 2 rings (SSSR count). The Morgan fingerprint density at radius 3 is 2.37 bits per heavy atom. The van der Waals surface area contributed by atoms with Crippen LogP contribution in [0.2, 0.25) is 0 Å². The second-order valence-corrected chi connectivity index (χ2v) is 4.07. The summed E-state index contributed by atoms with van der Waals surface area (Å²) in [5, 5.41) is 9.18. The summed E-state index contributed by atoms with van der Waals surface area (Å²) in [6.45, 7) is 0. The summed E-state index contributed by atoms with van der Waals surface area (Å²) in [5.74, 6) is -0.733. The molecule has 0 radical (unpaired) electrons. The van der Waals surface area contributed by atoms with E-state index in [0.29, 0.717) is 5.56 Å². The third-order valence-electron chi connectivity index (χ3n) is 2.72. The molecule has 0 fully saturated rings. The van der Waals surface area contributed by atoms with E-state index >= 15 is 0 Å². The number of aryl methyl sites for hydroxylation is 1. The molecule has 0 N–H and O–H groups in total. The number of nitrogens with zero attached hydrogens (tertiary/aromatic N) is 3. The first kappa shape index (κ1) is 13.1. The molecule has 0 aliphatic heterocycles. The molecule has 0 spiro atoms. The molecule has 2 aromatic rings. The highest BCUT2D eigenvalue weighted by atomic mass is 19.4. The van der Waals surface area contributed by atoms with Gasteiger partial charge in [-0.15, -0.1) is 0 Å². The van der Waals surface area contributed by atoms with E-state index in [9.17, 15) is 18.4 Å².